The number of nitrogens with two attached hydrogens (primary N) is 1. The number of benzene rings is 4. The van der Waals surface area contributed by atoms with E-state index in [1.54, 1.807) is 55.0 Å². The van der Waals surface area contributed by atoms with Gasteiger partial charge >= 0.3 is 6.09 Å². The molecule has 6 aromatic rings. The van der Waals surface area contributed by atoms with Gasteiger partial charge in [0.25, 0.3) is 0 Å². The van der Waals surface area contributed by atoms with Crippen molar-refractivity contribution in [3.05, 3.63) is 168 Å². The van der Waals surface area contributed by atoms with Crippen LogP contribution in [0.1, 0.15) is 59.9 Å². The molecule has 9 rings (SSSR count). The summed E-state index contributed by atoms with van der Waals surface area (Å²) in [6.45, 7) is 1.73. The van der Waals surface area contributed by atoms with Gasteiger partial charge in [-0.15, -0.1) is 0 Å². The van der Waals surface area contributed by atoms with Crippen LogP contribution in [0.25, 0.3) is 10.9 Å². The third kappa shape index (κ3) is 15.8. The van der Waals surface area contributed by atoms with Gasteiger partial charge in [-0.2, -0.15) is 0 Å². The Morgan fingerprint density at radius 2 is 1.26 bits per heavy atom. The van der Waals surface area contributed by atoms with E-state index >= 15 is 28.8 Å². The van der Waals surface area contributed by atoms with Gasteiger partial charge in [-0.05, 0) is 103 Å². The lowest BCUT2D eigenvalue weighted by Gasteiger charge is -2.32. The normalized spacial score (nSPS) is 22.5. The largest absolute Gasteiger partial charge is 0.489 e. The lowest BCUT2D eigenvalue weighted by atomic mass is 9.90. The maximum absolute atomic E-state index is 15.4. The van der Waals surface area contributed by atoms with Crippen molar-refractivity contribution in [2.24, 2.45) is 11.7 Å². The van der Waals surface area contributed by atoms with Crippen LogP contribution in [0.3, 0.4) is 0 Å². The van der Waals surface area contributed by atoms with E-state index in [0.29, 0.717) is 48.6 Å². The predicted molar refractivity (Wildman–Crippen MR) is 303 cm³/mol. The van der Waals surface area contributed by atoms with Crippen molar-refractivity contribution >= 4 is 52.4 Å². The first-order chi connectivity index (χ1) is 39.5. The van der Waals surface area contributed by atoms with E-state index in [1.165, 1.54) is 4.90 Å². The predicted octanol–water partition coefficient (Wildman–Crippen LogP) is 3.28. The molecule has 5 heterocycles. The van der Waals surface area contributed by atoms with E-state index in [0.717, 1.165) is 34.9 Å². The number of para-hydroxylation sites is 1. The molecule has 0 spiro atoms. The molecule has 3 saturated heterocycles. The average Bonchev–Trinajstić information content (AvgIpc) is 4.11. The zero-order chi connectivity index (χ0) is 56.5. The van der Waals surface area contributed by atoms with Crippen LogP contribution in [0, 0.1) is 5.92 Å². The van der Waals surface area contributed by atoms with E-state index in [-0.39, 0.29) is 64.1 Å². The number of aryl methyl sites for hydroxylation is 1. The highest BCUT2D eigenvalue weighted by atomic mass is 16.6. The number of fused-ring (bicyclic) bond motifs is 2. The molecule has 0 bridgehead atoms. The molecule has 424 valence electrons. The number of carbonyl (C=O) groups excluding carboxylic acids is 7. The third-order valence-corrected chi connectivity index (χ3v) is 15.1. The highest BCUT2D eigenvalue weighted by Crippen LogP contribution is 2.26. The van der Waals surface area contributed by atoms with Gasteiger partial charge in [0.1, 0.15) is 54.7 Å². The van der Waals surface area contributed by atoms with Crippen molar-refractivity contribution in [1.29, 1.82) is 0 Å². The van der Waals surface area contributed by atoms with E-state index in [4.69, 9.17) is 15.2 Å². The topological polar surface area (TPSA) is 280 Å². The number of nitrogens with one attached hydrogen (secondary N) is 8. The second-order valence-electron chi connectivity index (χ2n) is 21.0. The fraction of sp³-hybridized carbons (Fsp3) is 0.377. The standard InChI is InChI=1S/C61H71N11O9/c62-25-29-65-61(79)81-46-34-54-59(77)67-49(22-19-39-10-3-1-4-11-39)55(73)70-52(33-44-36-66-48-16-8-7-15-47(44)48)58(76)69-51(31-41-23-27-63-28-24-41)56(74)68-50(30-40-17-20-45(21-18-40)80-38-42-12-5-2-6-13-42)57(75)71-53(60(78)72(54)37-46)32-43-14-9-26-64-35-43/h1-18,20-21,26,35-36,41,46,49-54,63,66H,19,22-25,27-34,37-38,62H2,(H,65,79)(H,67,77)(H,68,74)(H,69,76)(H,70,73)(H,71,75)/t46?,49-,50+,51+,52-,53+,54+/m1/s1. The van der Waals surface area contributed by atoms with Gasteiger partial charge in [0.2, 0.25) is 35.4 Å². The second kappa shape index (κ2) is 28.0. The van der Waals surface area contributed by atoms with Crippen LogP contribution >= 0.6 is 0 Å². The summed E-state index contributed by atoms with van der Waals surface area (Å²) < 4.78 is 11.8. The number of alkyl carbamates (subject to hydrolysis) is 1. The van der Waals surface area contributed by atoms with Crippen LogP contribution in [0.15, 0.2) is 140 Å². The minimum Gasteiger partial charge on any atom is -0.489 e. The Balaban J connectivity index is 1.10. The Morgan fingerprint density at radius 1 is 0.642 bits per heavy atom. The number of ether oxygens (including phenoxy) is 2. The summed E-state index contributed by atoms with van der Waals surface area (Å²) in [5, 5.41) is 21.6. The number of pyridine rings is 1. The summed E-state index contributed by atoms with van der Waals surface area (Å²) in [5.41, 5.74) is 10.3. The Labute approximate surface area is 470 Å². The van der Waals surface area contributed by atoms with Crippen molar-refractivity contribution in [1.82, 2.24) is 52.1 Å². The molecule has 20 heteroatoms. The van der Waals surface area contributed by atoms with Gasteiger partial charge in [-0.1, -0.05) is 97.1 Å². The Morgan fingerprint density at radius 3 is 1.98 bits per heavy atom. The zero-order valence-electron chi connectivity index (χ0n) is 45.2. The molecule has 3 aliphatic heterocycles. The minimum atomic E-state index is -1.36. The van der Waals surface area contributed by atoms with Crippen LogP contribution in [-0.2, 0) is 65.8 Å². The van der Waals surface area contributed by atoms with Gasteiger partial charge in [0.15, 0.2) is 0 Å². The molecular formula is C61H71N11O9. The summed E-state index contributed by atoms with van der Waals surface area (Å²) in [7, 11) is 0. The van der Waals surface area contributed by atoms with Crippen molar-refractivity contribution < 1.29 is 43.0 Å². The lowest BCUT2D eigenvalue weighted by Crippen LogP contribution is -2.62. The van der Waals surface area contributed by atoms with E-state index in [1.807, 2.05) is 84.9 Å². The first-order valence-corrected chi connectivity index (χ1v) is 27.9. The van der Waals surface area contributed by atoms with Crippen LogP contribution in [0.5, 0.6) is 5.75 Å². The maximum Gasteiger partial charge on any atom is 0.407 e. The molecule has 0 saturated carbocycles. The number of aromatic nitrogens is 2. The van der Waals surface area contributed by atoms with Crippen molar-refractivity contribution in [2.45, 2.75) is 107 Å². The Hall–Kier alpha value is -8.62. The molecule has 2 aromatic heterocycles. The Bertz CT molecular complexity index is 3090. The SMILES string of the molecule is NCCNC(=O)OC1C[C@H]2C(=O)N[C@H](CCc3ccccc3)C(=O)N[C@H](Cc3c[nH]c4ccccc34)C(=O)N[C@@H](CC3CCNCC3)C(=O)N[C@@H](Cc3ccc(OCc4ccccc4)cc3)C(=O)N[C@@H](Cc3cccnc3)C(=O)N2C1. The quantitative estimate of drug-likeness (QED) is 0.0637. The van der Waals surface area contributed by atoms with Crippen LogP contribution < -0.4 is 47.7 Å². The molecule has 3 fully saturated rings. The highest BCUT2D eigenvalue weighted by molar-refractivity contribution is 5.99. The average molecular weight is 1100 g/mol. The number of piperidine rings is 1. The molecule has 7 amide bonds. The van der Waals surface area contributed by atoms with Gasteiger partial charge in [0.05, 0.1) is 6.54 Å². The molecule has 20 nitrogen and oxygen atoms in total. The number of amides is 7. The van der Waals surface area contributed by atoms with Crippen molar-refractivity contribution in [3.8, 4) is 5.75 Å². The van der Waals surface area contributed by atoms with Crippen LogP contribution in [0.4, 0.5) is 4.79 Å². The van der Waals surface area contributed by atoms with Crippen molar-refractivity contribution in [2.75, 3.05) is 32.7 Å². The number of carbonyl (C=O) groups is 7. The summed E-state index contributed by atoms with van der Waals surface area (Å²) in [5.74, 6) is -3.52. The fourth-order valence-electron chi connectivity index (χ4n) is 10.8. The number of hydrogen-bond donors (Lipinski definition) is 9. The summed E-state index contributed by atoms with van der Waals surface area (Å²) in [6.07, 6.45) is 4.86. The van der Waals surface area contributed by atoms with E-state index in [2.05, 4.69) is 47.2 Å². The minimum absolute atomic E-state index is 0.00420. The number of rotatable bonds is 17. The van der Waals surface area contributed by atoms with E-state index in [9.17, 15) is 4.79 Å². The smallest absolute Gasteiger partial charge is 0.407 e. The van der Waals surface area contributed by atoms with Gasteiger partial charge in [0, 0.05) is 68.3 Å². The molecule has 1 unspecified atom stereocenters. The summed E-state index contributed by atoms with van der Waals surface area (Å²) in [4.78, 5) is 113. The molecule has 3 aliphatic rings. The maximum atomic E-state index is 15.4. The van der Waals surface area contributed by atoms with E-state index < -0.39 is 83.9 Å². The molecule has 0 radical (unpaired) electrons. The lowest BCUT2D eigenvalue weighted by molar-refractivity contribution is -0.143. The molecule has 10 N–H and O–H groups in total. The summed E-state index contributed by atoms with van der Waals surface area (Å²) in [6, 6.07) is 29.5. The molecule has 81 heavy (non-hydrogen) atoms. The number of H-pyrrole nitrogens is 1. The van der Waals surface area contributed by atoms with Gasteiger partial charge in [-0.3, -0.25) is 33.8 Å². The second-order valence-corrected chi connectivity index (χ2v) is 21.0. The first-order valence-electron chi connectivity index (χ1n) is 27.9. The molecule has 7 atom stereocenters. The molecule has 4 aromatic carbocycles. The van der Waals surface area contributed by atoms with Gasteiger partial charge < -0.3 is 62.3 Å². The van der Waals surface area contributed by atoms with Crippen LogP contribution in [0.2, 0.25) is 0 Å². The first kappa shape index (κ1) is 57.1. The summed E-state index contributed by atoms with van der Waals surface area (Å²) >= 11 is 0. The molecule has 0 aliphatic carbocycles. The van der Waals surface area contributed by atoms with Gasteiger partial charge in [-0.25, -0.2) is 4.79 Å². The monoisotopic (exact) mass is 1100 g/mol. The number of nitrogens with zero attached hydrogens (tertiary/aromatic N) is 2. The number of aromatic amines is 1. The number of hydrogen-bond acceptors (Lipinski definition) is 12. The zero-order valence-corrected chi connectivity index (χ0v) is 45.2. The Kier molecular flexibility index (Phi) is 19.7. The van der Waals surface area contributed by atoms with Crippen molar-refractivity contribution in [3.63, 3.8) is 0 Å². The van der Waals surface area contributed by atoms with Crippen LogP contribution in [-0.4, -0.2) is 131 Å². The third-order valence-electron chi connectivity index (χ3n) is 15.1. The molecular weight excluding hydrogens is 1030 g/mol. The fourth-order valence-corrected chi connectivity index (χ4v) is 10.8. The highest BCUT2D eigenvalue weighted by Gasteiger charge is 2.45.